The van der Waals surface area contributed by atoms with Crippen molar-refractivity contribution in [1.29, 1.82) is 0 Å². The minimum absolute atomic E-state index is 0. The lowest BCUT2D eigenvalue weighted by Gasteiger charge is -2.38. The molecule has 132 valence electrons. The average molecular weight is 372 g/mol. The lowest BCUT2D eigenvalue weighted by atomic mass is 10.0. The summed E-state index contributed by atoms with van der Waals surface area (Å²) in [5.74, 6) is 0.116. The molecule has 1 unspecified atom stereocenters. The van der Waals surface area contributed by atoms with E-state index >= 15 is 0 Å². The van der Waals surface area contributed by atoms with Gasteiger partial charge in [-0.25, -0.2) is 0 Å². The molecule has 2 heterocycles. The van der Waals surface area contributed by atoms with Crippen LogP contribution in [0.2, 0.25) is 5.02 Å². The molecule has 0 aromatic heterocycles. The third kappa shape index (κ3) is 4.41. The van der Waals surface area contributed by atoms with Gasteiger partial charge in [-0.2, -0.15) is 0 Å². The summed E-state index contributed by atoms with van der Waals surface area (Å²) in [6.45, 7) is 3.02. The summed E-state index contributed by atoms with van der Waals surface area (Å²) in [6, 6.07) is 7.61. The van der Waals surface area contributed by atoms with Gasteiger partial charge in [0, 0.05) is 37.6 Å². The molecule has 7 heteroatoms. The number of benzene rings is 1. The summed E-state index contributed by atoms with van der Waals surface area (Å²) in [6.07, 6.45) is 2.48. The lowest BCUT2D eigenvalue weighted by molar-refractivity contribution is -0.143. The number of amides is 2. The number of carbonyl (C=O) groups excluding carboxylic acids is 2. The highest BCUT2D eigenvalue weighted by molar-refractivity contribution is 6.30. The van der Waals surface area contributed by atoms with Gasteiger partial charge in [0.05, 0.1) is 12.6 Å². The van der Waals surface area contributed by atoms with Gasteiger partial charge in [0.15, 0.2) is 0 Å². The van der Waals surface area contributed by atoms with E-state index in [1.54, 1.807) is 4.90 Å². The first-order valence-corrected chi connectivity index (χ1v) is 8.56. The summed E-state index contributed by atoms with van der Waals surface area (Å²) >= 11 is 6.09. The number of nitrogens with zero attached hydrogens (tertiary/aromatic N) is 2. The molecule has 3 rings (SSSR count). The molecule has 1 atom stereocenters. The van der Waals surface area contributed by atoms with E-state index < -0.39 is 0 Å². The second-order valence-corrected chi connectivity index (χ2v) is 6.57. The molecular weight excluding hydrogens is 349 g/mol. The maximum Gasteiger partial charge on any atom is 0.242 e. The third-order valence-corrected chi connectivity index (χ3v) is 4.78. The highest BCUT2D eigenvalue weighted by Gasteiger charge is 2.30. The molecule has 2 aliphatic heterocycles. The largest absolute Gasteiger partial charge is 0.333 e. The molecule has 1 N–H and O–H groups in total. The first kappa shape index (κ1) is 19.0. The van der Waals surface area contributed by atoms with Crippen molar-refractivity contribution < 1.29 is 9.59 Å². The fourth-order valence-corrected chi connectivity index (χ4v) is 3.50. The lowest BCUT2D eigenvalue weighted by Crippen LogP contribution is -2.52. The van der Waals surface area contributed by atoms with Crippen LogP contribution in [0.5, 0.6) is 0 Å². The van der Waals surface area contributed by atoms with Crippen LogP contribution in [0.3, 0.4) is 0 Å². The minimum atomic E-state index is -0.0326. The van der Waals surface area contributed by atoms with Crippen LogP contribution in [-0.4, -0.2) is 54.3 Å². The predicted molar refractivity (Wildman–Crippen MR) is 96.5 cm³/mol. The highest BCUT2D eigenvalue weighted by Crippen LogP contribution is 2.25. The van der Waals surface area contributed by atoms with Gasteiger partial charge in [-0.05, 0) is 30.5 Å². The Labute approximate surface area is 153 Å². The number of nitrogens with one attached hydrogen (secondary N) is 1. The topological polar surface area (TPSA) is 52.7 Å². The van der Waals surface area contributed by atoms with Crippen LogP contribution < -0.4 is 5.32 Å². The SMILES string of the molecule is Cl.O=C1CCCCN1CC(=O)N1CCNCC1c1cccc(Cl)c1. The van der Waals surface area contributed by atoms with E-state index in [1.807, 2.05) is 29.2 Å². The Morgan fingerprint density at radius 1 is 1.29 bits per heavy atom. The van der Waals surface area contributed by atoms with Crippen LogP contribution in [0.1, 0.15) is 30.9 Å². The summed E-state index contributed by atoms with van der Waals surface area (Å²) in [4.78, 5) is 28.3. The van der Waals surface area contributed by atoms with Crippen molar-refractivity contribution in [2.75, 3.05) is 32.7 Å². The van der Waals surface area contributed by atoms with Crippen molar-refractivity contribution in [3.63, 3.8) is 0 Å². The second-order valence-electron chi connectivity index (χ2n) is 6.13. The normalized spacial score (nSPS) is 21.4. The van der Waals surface area contributed by atoms with Gasteiger partial charge in [0.2, 0.25) is 11.8 Å². The highest BCUT2D eigenvalue weighted by atomic mass is 35.5. The molecular formula is C17H23Cl2N3O2. The van der Waals surface area contributed by atoms with E-state index in [9.17, 15) is 9.59 Å². The van der Waals surface area contributed by atoms with Crippen LogP contribution in [-0.2, 0) is 9.59 Å². The average Bonchev–Trinajstić information content (AvgIpc) is 2.57. The molecule has 2 amide bonds. The maximum absolute atomic E-state index is 12.8. The van der Waals surface area contributed by atoms with Gasteiger partial charge in [0.1, 0.15) is 0 Å². The zero-order valence-electron chi connectivity index (χ0n) is 13.5. The number of rotatable bonds is 3. The van der Waals surface area contributed by atoms with Crippen molar-refractivity contribution >= 4 is 35.8 Å². The molecule has 0 radical (unpaired) electrons. The molecule has 5 nitrogen and oxygen atoms in total. The van der Waals surface area contributed by atoms with Crippen molar-refractivity contribution in [3.8, 4) is 0 Å². The summed E-state index contributed by atoms with van der Waals surface area (Å²) in [5.41, 5.74) is 1.03. The maximum atomic E-state index is 12.8. The molecule has 1 aromatic carbocycles. The fraction of sp³-hybridized carbons (Fsp3) is 0.529. The number of hydrogen-bond acceptors (Lipinski definition) is 3. The molecule has 1 aromatic rings. The molecule has 0 bridgehead atoms. The van der Waals surface area contributed by atoms with E-state index in [2.05, 4.69) is 5.32 Å². The Morgan fingerprint density at radius 3 is 2.88 bits per heavy atom. The number of hydrogen-bond donors (Lipinski definition) is 1. The van der Waals surface area contributed by atoms with Crippen LogP contribution in [0.4, 0.5) is 0 Å². The molecule has 24 heavy (non-hydrogen) atoms. The van der Waals surface area contributed by atoms with E-state index in [1.165, 1.54) is 0 Å². The monoisotopic (exact) mass is 371 g/mol. The standard InChI is InChI=1S/C17H22ClN3O2.ClH/c18-14-5-3-4-13(10-14)15-11-19-7-9-21(15)17(23)12-20-8-2-1-6-16(20)22;/h3-5,10,15,19H,1-2,6-9,11-12H2;1H. The van der Waals surface area contributed by atoms with Crippen molar-refractivity contribution in [3.05, 3.63) is 34.9 Å². The quantitative estimate of drug-likeness (QED) is 0.886. The Bertz CT molecular complexity index is 597. The van der Waals surface area contributed by atoms with Gasteiger partial charge in [-0.1, -0.05) is 23.7 Å². The Morgan fingerprint density at radius 2 is 2.12 bits per heavy atom. The number of piperazine rings is 1. The van der Waals surface area contributed by atoms with Gasteiger partial charge in [-0.15, -0.1) is 12.4 Å². The summed E-state index contributed by atoms with van der Waals surface area (Å²) in [5, 5.41) is 4.01. The zero-order valence-corrected chi connectivity index (χ0v) is 15.1. The molecule has 0 saturated carbocycles. The van der Waals surface area contributed by atoms with Gasteiger partial charge in [0.25, 0.3) is 0 Å². The smallest absolute Gasteiger partial charge is 0.242 e. The first-order chi connectivity index (χ1) is 11.1. The molecule has 0 spiro atoms. The van der Waals surface area contributed by atoms with Gasteiger partial charge >= 0.3 is 0 Å². The Hall–Kier alpha value is -1.30. The van der Waals surface area contributed by atoms with Crippen LogP contribution >= 0.6 is 24.0 Å². The van der Waals surface area contributed by atoms with Crippen LogP contribution in [0.25, 0.3) is 0 Å². The van der Waals surface area contributed by atoms with Crippen molar-refractivity contribution in [2.45, 2.75) is 25.3 Å². The Kier molecular flexibility index (Phi) is 6.90. The zero-order chi connectivity index (χ0) is 16.2. The third-order valence-electron chi connectivity index (χ3n) is 4.54. The fourth-order valence-electron chi connectivity index (χ4n) is 3.30. The summed E-state index contributed by atoms with van der Waals surface area (Å²) in [7, 11) is 0. The number of piperidine rings is 1. The van der Waals surface area contributed by atoms with Crippen LogP contribution in [0, 0.1) is 0 Å². The predicted octanol–water partition coefficient (Wildman–Crippen LogP) is 2.25. The number of likely N-dealkylation sites (tertiary alicyclic amines) is 1. The van der Waals surface area contributed by atoms with Gasteiger partial charge in [-0.3, -0.25) is 9.59 Å². The Balaban J connectivity index is 0.00000208. The first-order valence-electron chi connectivity index (χ1n) is 8.18. The molecule has 0 aliphatic carbocycles. The van der Waals surface area contributed by atoms with Crippen molar-refractivity contribution in [1.82, 2.24) is 15.1 Å². The van der Waals surface area contributed by atoms with Crippen molar-refractivity contribution in [2.24, 2.45) is 0 Å². The second kappa shape index (κ2) is 8.70. The molecule has 2 fully saturated rings. The molecule has 2 aliphatic rings. The van der Waals surface area contributed by atoms with E-state index in [0.717, 1.165) is 24.9 Å². The van der Waals surface area contributed by atoms with E-state index in [4.69, 9.17) is 11.6 Å². The van der Waals surface area contributed by atoms with E-state index in [0.29, 0.717) is 31.1 Å². The summed E-state index contributed by atoms with van der Waals surface area (Å²) < 4.78 is 0. The number of carbonyl (C=O) groups is 2. The molecule has 2 saturated heterocycles. The number of halogens is 2. The van der Waals surface area contributed by atoms with Crippen LogP contribution in [0.15, 0.2) is 24.3 Å². The van der Waals surface area contributed by atoms with E-state index in [-0.39, 0.29) is 36.8 Å². The minimum Gasteiger partial charge on any atom is -0.333 e. The van der Waals surface area contributed by atoms with Gasteiger partial charge < -0.3 is 15.1 Å².